The third kappa shape index (κ3) is 3.48. The molecule has 2 unspecified atom stereocenters. The van der Waals surface area contributed by atoms with E-state index in [9.17, 15) is 19.8 Å². The van der Waals surface area contributed by atoms with Crippen molar-refractivity contribution >= 4 is 12.0 Å². The van der Waals surface area contributed by atoms with Crippen LogP contribution in [0, 0.1) is 0 Å². The summed E-state index contributed by atoms with van der Waals surface area (Å²) < 4.78 is 0. The Morgan fingerprint density at radius 2 is 1.71 bits per heavy atom. The quantitative estimate of drug-likeness (QED) is 0.740. The second-order valence-corrected chi connectivity index (χ2v) is 6.41. The van der Waals surface area contributed by atoms with Crippen LogP contribution in [0.1, 0.15) is 57.8 Å². The molecule has 2 atom stereocenters. The Balaban J connectivity index is 2.02. The molecule has 0 aromatic heterocycles. The Labute approximate surface area is 125 Å². The molecule has 0 aromatic rings. The molecule has 0 radical (unpaired) electrons. The van der Waals surface area contributed by atoms with Crippen LogP contribution in [-0.2, 0) is 4.79 Å². The van der Waals surface area contributed by atoms with E-state index in [2.05, 4.69) is 5.32 Å². The molecule has 2 amide bonds. The highest BCUT2D eigenvalue weighted by molar-refractivity contribution is 5.86. The zero-order chi connectivity index (χ0) is 15.5. The predicted octanol–water partition coefficient (Wildman–Crippen LogP) is 1.72. The predicted molar refractivity (Wildman–Crippen MR) is 78.0 cm³/mol. The van der Waals surface area contributed by atoms with E-state index in [4.69, 9.17) is 0 Å². The van der Waals surface area contributed by atoms with Gasteiger partial charge >= 0.3 is 12.0 Å². The number of carboxylic acid groups (broad SMARTS) is 1. The van der Waals surface area contributed by atoms with Gasteiger partial charge in [-0.05, 0) is 25.7 Å². The minimum atomic E-state index is -1.14. The highest BCUT2D eigenvalue weighted by atomic mass is 16.4. The maximum absolute atomic E-state index is 12.4. The third-order valence-corrected chi connectivity index (χ3v) is 4.97. The van der Waals surface area contributed by atoms with E-state index < -0.39 is 17.6 Å². The molecule has 0 aliphatic heterocycles. The lowest BCUT2D eigenvalue weighted by molar-refractivity contribution is -0.146. The molecule has 2 aliphatic rings. The summed E-state index contributed by atoms with van der Waals surface area (Å²) in [6, 6.07) is -0.599. The van der Waals surface area contributed by atoms with E-state index in [0.717, 1.165) is 38.5 Å². The van der Waals surface area contributed by atoms with Crippen molar-refractivity contribution in [2.45, 2.75) is 75.5 Å². The SMILES string of the molecule is CN(C(=O)NC1(C(=O)O)CCCCC1)C1CCCCC1O. The highest BCUT2D eigenvalue weighted by Gasteiger charge is 2.42. The summed E-state index contributed by atoms with van der Waals surface area (Å²) in [4.78, 5) is 25.5. The number of urea groups is 1. The number of amides is 2. The lowest BCUT2D eigenvalue weighted by Gasteiger charge is -2.39. The van der Waals surface area contributed by atoms with Gasteiger partial charge < -0.3 is 20.4 Å². The molecule has 3 N–H and O–H groups in total. The fourth-order valence-electron chi connectivity index (χ4n) is 3.53. The summed E-state index contributed by atoms with van der Waals surface area (Å²) in [7, 11) is 1.65. The van der Waals surface area contributed by atoms with Crippen LogP contribution in [0.3, 0.4) is 0 Å². The van der Waals surface area contributed by atoms with E-state index in [-0.39, 0.29) is 12.1 Å². The monoisotopic (exact) mass is 298 g/mol. The first-order valence-electron chi connectivity index (χ1n) is 7.93. The van der Waals surface area contributed by atoms with Crippen molar-refractivity contribution in [1.82, 2.24) is 10.2 Å². The summed E-state index contributed by atoms with van der Waals surface area (Å²) in [6.45, 7) is 0. The fraction of sp³-hybridized carbons (Fsp3) is 0.867. The van der Waals surface area contributed by atoms with Crippen LogP contribution >= 0.6 is 0 Å². The summed E-state index contributed by atoms with van der Waals surface area (Å²) in [5, 5.41) is 22.3. The number of likely N-dealkylation sites (N-methyl/N-ethyl adjacent to an activating group) is 1. The minimum Gasteiger partial charge on any atom is -0.480 e. The van der Waals surface area contributed by atoms with Crippen molar-refractivity contribution in [3.8, 4) is 0 Å². The molecular formula is C15H26N2O4. The Kier molecular flexibility index (Phi) is 5.08. The molecule has 2 saturated carbocycles. The number of hydrogen-bond acceptors (Lipinski definition) is 3. The highest BCUT2D eigenvalue weighted by Crippen LogP contribution is 2.29. The van der Waals surface area contributed by atoms with Gasteiger partial charge in [0.1, 0.15) is 5.54 Å². The molecule has 0 heterocycles. The Morgan fingerprint density at radius 1 is 1.10 bits per heavy atom. The summed E-state index contributed by atoms with van der Waals surface area (Å²) in [5.41, 5.74) is -1.14. The van der Waals surface area contributed by atoms with Crippen molar-refractivity contribution in [2.24, 2.45) is 0 Å². The number of nitrogens with one attached hydrogen (secondary N) is 1. The molecule has 2 fully saturated rings. The standard InChI is InChI=1S/C15H26N2O4/c1-17(11-7-3-4-8-12(11)18)14(21)16-15(13(19)20)9-5-2-6-10-15/h11-12,18H,2-10H2,1H3,(H,16,21)(H,19,20). The molecule has 120 valence electrons. The molecule has 0 saturated heterocycles. The van der Waals surface area contributed by atoms with Gasteiger partial charge in [0.05, 0.1) is 12.1 Å². The molecule has 6 heteroatoms. The summed E-state index contributed by atoms with van der Waals surface area (Å²) in [6.07, 6.45) is 6.55. The molecule has 0 spiro atoms. The van der Waals surface area contributed by atoms with Crippen molar-refractivity contribution < 1.29 is 19.8 Å². The average Bonchev–Trinajstić information content (AvgIpc) is 2.47. The number of nitrogens with zero attached hydrogens (tertiary/aromatic N) is 1. The lowest BCUT2D eigenvalue weighted by Crippen LogP contribution is -2.60. The number of carbonyl (C=O) groups is 2. The van der Waals surface area contributed by atoms with Crippen molar-refractivity contribution in [3.05, 3.63) is 0 Å². The second kappa shape index (κ2) is 6.64. The number of carbonyl (C=O) groups excluding carboxylic acids is 1. The lowest BCUT2D eigenvalue weighted by atomic mass is 9.81. The largest absolute Gasteiger partial charge is 0.480 e. The van der Waals surface area contributed by atoms with E-state index >= 15 is 0 Å². The zero-order valence-corrected chi connectivity index (χ0v) is 12.7. The number of rotatable bonds is 3. The number of aliphatic hydroxyl groups excluding tert-OH is 1. The molecular weight excluding hydrogens is 272 g/mol. The van der Waals surface area contributed by atoms with E-state index in [0.29, 0.717) is 19.3 Å². The molecule has 2 aliphatic carbocycles. The van der Waals surface area contributed by atoms with Crippen LogP contribution in [0.4, 0.5) is 4.79 Å². The van der Waals surface area contributed by atoms with Crippen molar-refractivity contribution in [1.29, 1.82) is 0 Å². The number of hydrogen-bond donors (Lipinski definition) is 3. The molecule has 2 rings (SSSR count). The zero-order valence-electron chi connectivity index (χ0n) is 12.7. The maximum Gasteiger partial charge on any atom is 0.329 e. The summed E-state index contributed by atoms with van der Waals surface area (Å²) in [5.74, 6) is -0.951. The van der Waals surface area contributed by atoms with Gasteiger partial charge in [0.25, 0.3) is 0 Å². The van der Waals surface area contributed by atoms with Crippen LogP contribution in [0.25, 0.3) is 0 Å². The third-order valence-electron chi connectivity index (χ3n) is 4.97. The van der Waals surface area contributed by atoms with Crippen molar-refractivity contribution in [3.63, 3.8) is 0 Å². The first-order valence-corrected chi connectivity index (χ1v) is 7.93. The first kappa shape index (κ1) is 16.1. The van der Waals surface area contributed by atoms with E-state index in [1.54, 1.807) is 7.05 Å². The van der Waals surface area contributed by atoms with Gasteiger partial charge in [-0.1, -0.05) is 32.1 Å². The fourth-order valence-corrected chi connectivity index (χ4v) is 3.53. The van der Waals surface area contributed by atoms with Gasteiger partial charge in [-0.3, -0.25) is 0 Å². The Morgan fingerprint density at radius 3 is 2.29 bits per heavy atom. The van der Waals surface area contributed by atoms with Crippen LogP contribution in [0.5, 0.6) is 0 Å². The minimum absolute atomic E-state index is 0.215. The number of aliphatic hydroxyl groups is 1. The molecule has 0 aromatic carbocycles. The van der Waals surface area contributed by atoms with Crippen LogP contribution in [0.2, 0.25) is 0 Å². The van der Waals surface area contributed by atoms with Gasteiger partial charge in [-0.2, -0.15) is 0 Å². The van der Waals surface area contributed by atoms with Crippen LogP contribution < -0.4 is 5.32 Å². The topological polar surface area (TPSA) is 89.9 Å². The Hall–Kier alpha value is -1.30. The molecule has 6 nitrogen and oxygen atoms in total. The van der Waals surface area contributed by atoms with Gasteiger partial charge in [-0.15, -0.1) is 0 Å². The first-order chi connectivity index (χ1) is 9.96. The average molecular weight is 298 g/mol. The van der Waals surface area contributed by atoms with Gasteiger partial charge in [0, 0.05) is 7.05 Å². The normalized spacial score (nSPS) is 28.7. The number of carboxylic acids is 1. The van der Waals surface area contributed by atoms with Crippen LogP contribution in [-0.4, -0.2) is 51.8 Å². The molecule has 21 heavy (non-hydrogen) atoms. The van der Waals surface area contributed by atoms with Gasteiger partial charge in [0.2, 0.25) is 0 Å². The van der Waals surface area contributed by atoms with Crippen molar-refractivity contribution in [2.75, 3.05) is 7.05 Å². The maximum atomic E-state index is 12.4. The van der Waals surface area contributed by atoms with Gasteiger partial charge in [-0.25, -0.2) is 9.59 Å². The van der Waals surface area contributed by atoms with Gasteiger partial charge in [0.15, 0.2) is 0 Å². The molecule has 0 bridgehead atoms. The van der Waals surface area contributed by atoms with Crippen LogP contribution in [0.15, 0.2) is 0 Å². The Bertz CT molecular complexity index is 393. The summed E-state index contributed by atoms with van der Waals surface area (Å²) >= 11 is 0. The second-order valence-electron chi connectivity index (χ2n) is 6.41. The smallest absolute Gasteiger partial charge is 0.329 e. The number of aliphatic carboxylic acids is 1. The van der Waals surface area contributed by atoms with E-state index in [1.807, 2.05) is 0 Å². The van der Waals surface area contributed by atoms with E-state index in [1.165, 1.54) is 4.90 Å².